The molecule has 20 heavy (non-hydrogen) atoms. The van der Waals surface area contributed by atoms with Gasteiger partial charge in [0.05, 0.1) is 10.7 Å². The number of aromatic nitrogens is 2. The summed E-state index contributed by atoms with van der Waals surface area (Å²) < 4.78 is 6.77. The number of hydrogen-bond acceptors (Lipinski definition) is 4. The van der Waals surface area contributed by atoms with Gasteiger partial charge in [-0.1, -0.05) is 19.9 Å². The molecule has 5 heteroatoms. The van der Waals surface area contributed by atoms with Gasteiger partial charge in [-0.15, -0.1) is 0 Å². The maximum absolute atomic E-state index is 5.87. The highest BCUT2D eigenvalue weighted by Crippen LogP contribution is 2.31. The van der Waals surface area contributed by atoms with Crippen LogP contribution in [-0.4, -0.2) is 9.97 Å². The van der Waals surface area contributed by atoms with E-state index in [2.05, 4.69) is 25.9 Å². The van der Waals surface area contributed by atoms with E-state index in [4.69, 9.17) is 10.5 Å². The minimum absolute atomic E-state index is 0.264. The molecule has 0 spiro atoms. The molecule has 1 aromatic heterocycles. The monoisotopic (exact) mass is 335 g/mol. The standard InChI is InChI=1S/C15H18BrN3O/c1-9(2)15-18-8-14(12(7-17)19-15)20-13-5-4-10(3)6-11(13)16/h4-6,8-9H,7,17H2,1-3H3. The lowest BCUT2D eigenvalue weighted by molar-refractivity contribution is 0.464. The molecule has 106 valence electrons. The van der Waals surface area contributed by atoms with Crippen LogP contribution in [0.15, 0.2) is 28.9 Å². The van der Waals surface area contributed by atoms with Crippen LogP contribution in [0.2, 0.25) is 0 Å². The van der Waals surface area contributed by atoms with E-state index in [-0.39, 0.29) is 5.92 Å². The molecule has 0 saturated heterocycles. The number of nitrogens with two attached hydrogens (primary N) is 1. The summed E-state index contributed by atoms with van der Waals surface area (Å²) in [7, 11) is 0. The zero-order valence-corrected chi connectivity index (χ0v) is 13.4. The summed E-state index contributed by atoms with van der Waals surface area (Å²) in [5, 5.41) is 0. The summed E-state index contributed by atoms with van der Waals surface area (Å²) in [6.45, 7) is 6.45. The molecule has 0 amide bonds. The van der Waals surface area contributed by atoms with E-state index in [0.29, 0.717) is 12.3 Å². The summed E-state index contributed by atoms with van der Waals surface area (Å²) in [5.74, 6) is 2.37. The Morgan fingerprint density at radius 3 is 2.65 bits per heavy atom. The number of ether oxygens (including phenoxy) is 1. The molecule has 0 fully saturated rings. The average molecular weight is 336 g/mol. The Labute approximate surface area is 127 Å². The molecule has 0 atom stereocenters. The smallest absolute Gasteiger partial charge is 0.168 e. The zero-order valence-electron chi connectivity index (χ0n) is 11.9. The van der Waals surface area contributed by atoms with Crippen molar-refractivity contribution < 1.29 is 4.74 Å². The Balaban J connectivity index is 2.33. The quantitative estimate of drug-likeness (QED) is 0.919. The van der Waals surface area contributed by atoms with Gasteiger partial charge in [0.1, 0.15) is 17.3 Å². The topological polar surface area (TPSA) is 61.0 Å². The molecule has 0 bridgehead atoms. The van der Waals surface area contributed by atoms with Gasteiger partial charge in [0.15, 0.2) is 5.75 Å². The Hall–Kier alpha value is -1.46. The first-order chi connectivity index (χ1) is 9.51. The second kappa shape index (κ2) is 6.33. The van der Waals surface area contributed by atoms with Crippen LogP contribution in [-0.2, 0) is 6.54 Å². The van der Waals surface area contributed by atoms with E-state index in [0.717, 1.165) is 27.3 Å². The van der Waals surface area contributed by atoms with Crippen LogP contribution in [0.1, 0.15) is 36.8 Å². The van der Waals surface area contributed by atoms with E-state index in [1.807, 2.05) is 39.0 Å². The highest BCUT2D eigenvalue weighted by Gasteiger charge is 2.11. The maximum Gasteiger partial charge on any atom is 0.168 e. The summed E-state index contributed by atoms with van der Waals surface area (Å²) >= 11 is 3.49. The van der Waals surface area contributed by atoms with Crippen LogP contribution in [0, 0.1) is 6.92 Å². The molecule has 2 N–H and O–H groups in total. The van der Waals surface area contributed by atoms with Crippen molar-refractivity contribution in [2.75, 3.05) is 0 Å². The fourth-order valence-corrected chi connectivity index (χ4v) is 2.31. The Bertz CT molecular complexity index is 614. The molecule has 1 aromatic carbocycles. The molecule has 2 aromatic rings. The van der Waals surface area contributed by atoms with Crippen molar-refractivity contribution >= 4 is 15.9 Å². The highest BCUT2D eigenvalue weighted by atomic mass is 79.9. The summed E-state index contributed by atoms with van der Waals surface area (Å²) in [4.78, 5) is 8.78. The van der Waals surface area contributed by atoms with Crippen LogP contribution in [0.5, 0.6) is 11.5 Å². The van der Waals surface area contributed by atoms with Gasteiger partial charge in [-0.05, 0) is 40.5 Å². The summed E-state index contributed by atoms with van der Waals surface area (Å²) in [6.07, 6.45) is 1.69. The van der Waals surface area contributed by atoms with Gasteiger partial charge in [-0.25, -0.2) is 9.97 Å². The Kier molecular flexibility index (Phi) is 4.73. The minimum Gasteiger partial charge on any atom is -0.453 e. The number of nitrogens with zero attached hydrogens (tertiary/aromatic N) is 2. The molecule has 0 aliphatic carbocycles. The van der Waals surface area contributed by atoms with Crippen molar-refractivity contribution in [1.29, 1.82) is 0 Å². The lowest BCUT2D eigenvalue weighted by Crippen LogP contribution is -2.07. The predicted molar refractivity (Wildman–Crippen MR) is 83.0 cm³/mol. The first kappa shape index (κ1) is 14.9. The second-order valence-corrected chi connectivity index (χ2v) is 5.79. The zero-order chi connectivity index (χ0) is 14.7. The van der Waals surface area contributed by atoms with Crippen LogP contribution >= 0.6 is 15.9 Å². The molecule has 2 rings (SSSR count). The van der Waals surface area contributed by atoms with E-state index in [1.165, 1.54) is 0 Å². The molecule has 0 aliphatic rings. The Morgan fingerprint density at radius 1 is 1.30 bits per heavy atom. The highest BCUT2D eigenvalue weighted by molar-refractivity contribution is 9.10. The van der Waals surface area contributed by atoms with Gasteiger partial charge in [-0.2, -0.15) is 0 Å². The third-order valence-electron chi connectivity index (χ3n) is 2.87. The van der Waals surface area contributed by atoms with E-state index >= 15 is 0 Å². The molecular weight excluding hydrogens is 318 g/mol. The third kappa shape index (κ3) is 3.35. The number of halogens is 1. The van der Waals surface area contributed by atoms with Gasteiger partial charge in [0, 0.05) is 12.5 Å². The normalized spacial score (nSPS) is 10.9. The molecule has 0 saturated carbocycles. The van der Waals surface area contributed by atoms with Gasteiger partial charge < -0.3 is 10.5 Å². The van der Waals surface area contributed by atoms with Crippen LogP contribution in [0.3, 0.4) is 0 Å². The lowest BCUT2D eigenvalue weighted by atomic mass is 10.2. The SMILES string of the molecule is Cc1ccc(Oc2cnc(C(C)C)nc2CN)c(Br)c1. The molecule has 0 unspecified atom stereocenters. The third-order valence-corrected chi connectivity index (χ3v) is 3.48. The first-order valence-corrected chi connectivity index (χ1v) is 7.30. The maximum atomic E-state index is 5.87. The second-order valence-electron chi connectivity index (χ2n) is 4.93. The van der Waals surface area contributed by atoms with Crippen LogP contribution in [0.25, 0.3) is 0 Å². The van der Waals surface area contributed by atoms with Crippen LogP contribution in [0.4, 0.5) is 0 Å². The number of aryl methyl sites for hydroxylation is 1. The van der Waals surface area contributed by atoms with Gasteiger partial charge in [0.2, 0.25) is 0 Å². The fourth-order valence-electron chi connectivity index (χ4n) is 1.74. The first-order valence-electron chi connectivity index (χ1n) is 6.51. The predicted octanol–water partition coefficient (Wildman–Crippen LogP) is 3.92. The molecule has 0 aliphatic heterocycles. The number of benzene rings is 1. The van der Waals surface area contributed by atoms with Crippen LogP contribution < -0.4 is 10.5 Å². The molecule has 1 heterocycles. The van der Waals surface area contributed by atoms with Crippen molar-refractivity contribution in [3.05, 3.63) is 46.0 Å². The van der Waals surface area contributed by atoms with Gasteiger partial charge in [0.25, 0.3) is 0 Å². The van der Waals surface area contributed by atoms with Crippen molar-refractivity contribution in [1.82, 2.24) is 9.97 Å². The van der Waals surface area contributed by atoms with Gasteiger partial charge >= 0.3 is 0 Å². The van der Waals surface area contributed by atoms with E-state index < -0.39 is 0 Å². The molecule has 4 nitrogen and oxygen atoms in total. The minimum atomic E-state index is 0.264. The summed E-state index contributed by atoms with van der Waals surface area (Å²) in [6, 6.07) is 5.91. The molecule has 0 radical (unpaired) electrons. The summed E-state index contributed by atoms with van der Waals surface area (Å²) in [5.41, 5.74) is 7.63. The largest absolute Gasteiger partial charge is 0.453 e. The lowest BCUT2D eigenvalue weighted by Gasteiger charge is -2.12. The average Bonchev–Trinajstić information content (AvgIpc) is 2.42. The van der Waals surface area contributed by atoms with E-state index in [1.54, 1.807) is 6.20 Å². The van der Waals surface area contributed by atoms with Crippen molar-refractivity contribution in [3.63, 3.8) is 0 Å². The fraction of sp³-hybridized carbons (Fsp3) is 0.333. The number of hydrogen-bond donors (Lipinski definition) is 1. The van der Waals surface area contributed by atoms with Crippen molar-refractivity contribution in [2.24, 2.45) is 5.73 Å². The van der Waals surface area contributed by atoms with Gasteiger partial charge in [-0.3, -0.25) is 0 Å². The van der Waals surface area contributed by atoms with E-state index in [9.17, 15) is 0 Å². The van der Waals surface area contributed by atoms with Crippen molar-refractivity contribution in [3.8, 4) is 11.5 Å². The molecular formula is C15H18BrN3O. The number of rotatable bonds is 4. The van der Waals surface area contributed by atoms with Crippen molar-refractivity contribution in [2.45, 2.75) is 33.2 Å². The Morgan fingerprint density at radius 2 is 2.05 bits per heavy atom.